The maximum absolute atomic E-state index is 5.04. The Morgan fingerprint density at radius 2 is 1.73 bits per heavy atom. The van der Waals surface area contributed by atoms with E-state index in [0.29, 0.717) is 0 Å². The van der Waals surface area contributed by atoms with Crippen LogP contribution in [0.3, 0.4) is 0 Å². The highest BCUT2D eigenvalue weighted by Gasteiger charge is 2.11. The Morgan fingerprint density at radius 3 is 2.46 bits per heavy atom. The number of thiazole rings is 1. The van der Waals surface area contributed by atoms with Gasteiger partial charge in [0.05, 0.1) is 17.6 Å². The molecule has 132 valence electrons. The predicted molar refractivity (Wildman–Crippen MR) is 108 cm³/mol. The molecule has 4 rings (SSSR count). The number of nitrogens with zero attached hydrogens (tertiary/aromatic N) is 4. The standard InChI is InChI=1S/C21H22N4S/c1-2-7-12-18(11-6-1)24-25-20(17-9-4-3-5-10-17)16-26-21(25)23-19-13-8-14-22-15-19/h3-5,8-10,13-16H,1-2,6-7,11-12H2. The normalized spacial score (nSPS) is 15.7. The molecule has 0 unspecified atom stereocenters. The highest BCUT2D eigenvalue weighted by Crippen LogP contribution is 2.22. The maximum Gasteiger partial charge on any atom is 0.211 e. The van der Waals surface area contributed by atoms with Gasteiger partial charge in [-0.25, -0.2) is 9.67 Å². The van der Waals surface area contributed by atoms with E-state index in [9.17, 15) is 0 Å². The van der Waals surface area contributed by atoms with Gasteiger partial charge in [-0.05, 0) is 37.8 Å². The zero-order valence-electron chi connectivity index (χ0n) is 14.7. The molecule has 0 N–H and O–H groups in total. The summed E-state index contributed by atoms with van der Waals surface area (Å²) < 4.78 is 2.02. The first kappa shape index (κ1) is 16.9. The molecular weight excluding hydrogens is 340 g/mol. The number of hydrogen-bond donors (Lipinski definition) is 0. The van der Waals surface area contributed by atoms with Gasteiger partial charge in [-0.2, -0.15) is 5.10 Å². The fourth-order valence-corrected chi connectivity index (χ4v) is 4.04. The van der Waals surface area contributed by atoms with Crippen molar-refractivity contribution < 1.29 is 0 Å². The lowest BCUT2D eigenvalue weighted by Crippen LogP contribution is -2.14. The number of hydrogen-bond acceptors (Lipinski definition) is 4. The molecule has 0 spiro atoms. The van der Waals surface area contributed by atoms with Crippen LogP contribution in [0.4, 0.5) is 5.69 Å². The summed E-state index contributed by atoms with van der Waals surface area (Å²) in [6.45, 7) is 0. The second-order valence-electron chi connectivity index (χ2n) is 6.48. The fraction of sp³-hybridized carbons (Fsp3) is 0.286. The van der Waals surface area contributed by atoms with Crippen LogP contribution in [0.2, 0.25) is 0 Å². The van der Waals surface area contributed by atoms with Crippen molar-refractivity contribution in [3.63, 3.8) is 0 Å². The van der Waals surface area contributed by atoms with Crippen LogP contribution < -0.4 is 4.80 Å². The van der Waals surface area contributed by atoms with Crippen LogP contribution in [0.1, 0.15) is 38.5 Å². The van der Waals surface area contributed by atoms with Crippen molar-refractivity contribution in [2.45, 2.75) is 38.5 Å². The summed E-state index contributed by atoms with van der Waals surface area (Å²) in [5.41, 5.74) is 4.39. The first-order valence-corrected chi connectivity index (χ1v) is 10.1. The second-order valence-corrected chi connectivity index (χ2v) is 7.32. The molecule has 0 saturated heterocycles. The number of pyridine rings is 1. The van der Waals surface area contributed by atoms with Gasteiger partial charge in [-0.3, -0.25) is 4.98 Å². The molecule has 1 aliphatic rings. The number of benzene rings is 1. The zero-order chi connectivity index (χ0) is 17.6. The van der Waals surface area contributed by atoms with Gasteiger partial charge in [-0.15, -0.1) is 11.3 Å². The first-order valence-electron chi connectivity index (χ1n) is 9.17. The summed E-state index contributed by atoms with van der Waals surface area (Å²) in [5, 5.41) is 7.18. The third kappa shape index (κ3) is 3.99. The molecule has 4 nitrogen and oxygen atoms in total. The van der Waals surface area contributed by atoms with E-state index in [0.717, 1.165) is 34.6 Å². The molecule has 3 aromatic rings. The smallest absolute Gasteiger partial charge is 0.211 e. The summed E-state index contributed by atoms with van der Waals surface area (Å²) in [6.07, 6.45) is 10.8. The van der Waals surface area contributed by atoms with Gasteiger partial charge in [0.1, 0.15) is 0 Å². The van der Waals surface area contributed by atoms with Crippen molar-refractivity contribution in [3.8, 4) is 11.3 Å². The van der Waals surface area contributed by atoms with Crippen molar-refractivity contribution in [1.29, 1.82) is 0 Å². The third-order valence-electron chi connectivity index (χ3n) is 4.55. The lowest BCUT2D eigenvalue weighted by molar-refractivity contribution is 0.702. The average Bonchev–Trinajstić information content (AvgIpc) is 2.90. The van der Waals surface area contributed by atoms with Crippen LogP contribution >= 0.6 is 11.3 Å². The molecule has 5 heteroatoms. The van der Waals surface area contributed by atoms with Crippen molar-refractivity contribution in [3.05, 3.63) is 65.0 Å². The number of rotatable bonds is 3. The molecule has 2 aromatic heterocycles. The molecule has 1 fully saturated rings. The highest BCUT2D eigenvalue weighted by atomic mass is 32.1. The Balaban J connectivity index is 1.83. The third-order valence-corrected chi connectivity index (χ3v) is 5.36. The molecule has 1 saturated carbocycles. The molecule has 0 amide bonds. The SMILES string of the molecule is c1ccc(-c2csc(=Nc3cccnc3)n2N=C2CCCCCC2)cc1. The molecule has 0 bridgehead atoms. The molecule has 0 atom stereocenters. The summed E-state index contributed by atoms with van der Waals surface area (Å²) in [4.78, 5) is 9.84. The molecule has 1 aromatic carbocycles. The van der Waals surface area contributed by atoms with Crippen molar-refractivity contribution in [2.75, 3.05) is 0 Å². The Hall–Kier alpha value is -2.53. The topological polar surface area (TPSA) is 42.5 Å². The molecular formula is C21H22N4S. The van der Waals surface area contributed by atoms with Crippen LogP contribution in [-0.2, 0) is 0 Å². The highest BCUT2D eigenvalue weighted by molar-refractivity contribution is 7.07. The lowest BCUT2D eigenvalue weighted by Gasteiger charge is -2.07. The predicted octanol–water partition coefficient (Wildman–Crippen LogP) is 5.40. The molecule has 0 aliphatic heterocycles. The van der Waals surface area contributed by atoms with Gasteiger partial charge in [0.2, 0.25) is 4.80 Å². The van der Waals surface area contributed by atoms with E-state index in [-0.39, 0.29) is 0 Å². The minimum atomic E-state index is 0.851. The van der Waals surface area contributed by atoms with Crippen molar-refractivity contribution in [1.82, 2.24) is 9.66 Å². The average molecular weight is 363 g/mol. The second kappa shape index (κ2) is 8.23. The van der Waals surface area contributed by atoms with E-state index >= 15 is 0 Å². The van der Waals surface area contributed by atoms with E-state index in [2.05, 4.69) is 34.6 Å². The van der Waals surface area contributed by atoms with Gasteiger partial charge < -0.3 is 0 Å². The summed E-state index contributed by atoms with van der Waals surface area (Å²) >= 11 is 1.62. The summed E-state index contributed by atoms with van der Waals surface area (Å²) in [6, 6.07) is 14.3. The van der Waals surface area contributed by atoms with Gasteiger partial charge >= 0.3 is 0 Å². The summed E-state index contributed by atoms with van der Waals surface area (Å²) in [5.74, 6) is 0. The van der Waals surface area contributed by atoms with E-state index in [1.165, 1.54) is 31.4 Å². The van der Waals surface area contributed by atoms with Crippen LogP contribution in [-0.4, -0.2) is 15.4 Å². The quantitative estimate of drug-likeness (QED) is 0.575. The van der Waals surface area contributed by atoms with Crippen molar-refractivity contribution >= 4 is 22.7 Å². The van der Waals surface area contributed by atoms with Crippen LogP contribution in [0.25, 0.3) is 11.3 Å². The zero-order valence-corrected chi connectivity index (χ0v) is 15.5. The Morgan fingerprint density at radius 1 is 0.923 bits per heavy atom. The lowest BCUT2D eigenvalue weighted by atomic mass is 10.2. The fourth-order valence-electron chi connectivity index (χ4n) is 3.19. The Kier molecular flexibility index (Phi) is 5.36. The van der Waals surface area contributed by atoms with E-state index in [1.807, 2.05) is 22.9 Å². The van der Waals surface area contributed by atoms with E-state index in [4.69, 9.17) is 10.1 Å². The molecule has 0 radical (unpaired) electrons. The first-order chi connectivity index (χ1) is 12.9. The molecule has 2 heterocycles. The molecule has 1 aliphatic carbocycles. The van der Waals surface area contributed by atoms with Crippen LogP contribution in [0, 0.1) is 0 Å². The van der Waals surface area contributed by atoms with E-state index in [1.54, 1.807) is 23.7 Å². The largest absolute Gasteiger partial charge is 0.262 e. The maximum atomic E-state index is 5.04. The Labute approximate surface area is 157 Å². The molecule has 26 heavy (non-hydrogen) atoms. The van der Waals surface area contributed by atoms with Gasteiger partial charge in [0.25, 0.3) is 0 Å². The summed E-state index contributed by atoms with van der Waals surface area (Å²) in [7, 11) is 0. The van der Waals surface area contributed by atoms with Gasteiger partial charge in [0, 0.05) is 22.9 Å². The van der Waals surface area contributed by atoms with Crippen LogP contribution in [0.15, 0.2) is 70.3 Å². The van der Waals surface area contributed by atoms with Crippen LogP contribution in [0.5, 0.6) is 0 Å². The minimum Gasteiger partial charge on any atom is -0.262 e. The van der Waals surface area contributed by atoms with Gasteiger partial charge in [0.15, 0.2) is 0 Å². The minimum absolute atomic E-state index is 0.851. The number of aromatic nitrogens is 2. The van der Waals surface area contributed by atoms with E-state index < -0.39 is 0 Å². The monoisotopic (exact) mass is 362 g/mol. The van der Waals surface area contributed by atoms with Gasteiger partial charge in [-0.1, -0.05) is 43.2 Å². The Bertz CT molecular complexity index is 929. The van der Waals surface area contributed by atoms with Crippen molar-refractivity contribution in [2.24, 2.45) is 10.1 Å².